The standard InChI is InChI=1S/C11H17BN2O3/c1-13-6-8-14(9-7-13)10-2-4-11(5-3-10)17-12(15)16/h2-5,15-16H,6-9H2,1H3. The van der Waals surface area contributed by atoms with Gasteiger partial charge in [0.1, 0.15) is 5.75 Å². The van der Waals surface area contributed by atoms with Crippen molar-refractivity contribution in [3.05, 3.63) is 24.3 Å². The lowest BCUT2D eigenvalue weighted by Gasteiger charge is -2.34. The maximum Gasteiger partial charge on any atom is 0.707 e. The van der Waals surface area contributed by atoms with Crippen molar-refractivity contribution in [3.8, 4) is 5.75 Å². The fraction of sp³-hybridized carbons (Fsp3) is 0.455. The summed E-state index contributed by atoms with van der Waals surface area (Å²) in [5.74, 6) is 0.456. The van der Waals surface area contributed by atoms with Crippen molar-refractivity contribution in [2.45, 2.75) is 0 Å². The van der Waals surface area contributed by atoms with Gasteiger partial charge in [-0.1, -0.05) is 0 Å². The van der Waals surface area contributed by atoms with Gasteiger partial charge in [0, 0.05) is 31.9 Å². The predicted octanol–water partition coefficient (Wildman–Crippen LogP) is -0.213. The number of benzene rings is 1. The average Bonchev–Trinajstić information content (AvgIpc) is 2.30. The van der Waals surface area contributed by atoms with Gasteiger partial charge in [-0.15, -0.1) is 0 Å². The molecule has 0 spiro atoms. The van der Waals surface area contributed by atoms with E-state index in [1.165, 1.54) is 0 Å². The average molecular weight is 236 g/mol. The molecule has 1 aromatic carbocycles. The van der Waals surface area contributed by atoms with Crippen molar-refractivity contribution in [3.63, 3.8) is 0 Å². The molecule has 1 saturated heterocycles. The van der Waals surface area contributed by atoms with E-state index in [2.05, 4.69) is 16.8 Å². The first-order valence-corrected chi connectivity index (χ1v) is 5.71. The molecule has 0 amide bonds. The Hall–Kier alpha value is -1.24. The van der Waals surface area contributed by atoms with Crippen molar-refractivity contribution in [1.82, 2.24) is 4.90 Å². The molecule has 17 heavy (non-hydrogen) atoms. The highest BCUT2D eigenvalue weighted by atomic mass is 16.6. The molecule has 0 aliphatic carbocycles. The number of nitrogens with zero attached hydrogens (tertiary/aromatic N) is 2. The van der Waals surface area contributed by atoms with Crippen LogP contribution in [-0.2, 0) is 0 Å². The number of piperazine rings is 1. The van der Waals surface area contributed by atoms with E-state index in [-0.39, 0.29) is 0 Å². The number of likely N-dealkylation sites (N-methyl/N-ethyl adjacent to an activating group) is 1. The fourth-order valence-electron chi connectivity index (χ4n) is 1.92. The van der Waals surface area contributed by atoms with Gasteiger partial charge in [0.15, 0.2) is 0 Å². The summed E-state index contributed by atoms with van der Waals surface area (Å²) in [4.78, 5) is 4.61. The van der Waals surface area contributed by atoms with Crippen LogP contribution in [0.5, 0.6) is 5.75 Å². The highest BCUT2D eigenvalue weighted by molar-refractivity contribution is 6.33. The first-order valence-electron chi connectivity index (χ1n) is 5.71. The molecule has 0 radical (unpaired) electrons. The molecule has 0 aromatic heterocycles. The third-order valence-corrected chi connectivity index (χ3v) is 2.95. The van der Waals surface area contributed by atoms with Crippen LogP contribution in [0.15, 0.2) is 24.3 Å². The second kappa shape index (κ2) is 5.40. The van der Waals surface area contributed by atoms with Gasteiger partial charge in [-0.25, -0.2) is 0 Å². The molecule has 1 aliphatic heterocycles. The van der Waals surface area contributed by atoms with Crippen LogP contribution in [-0.4, -0.2) is 55.5 Å². The third kappa shape index (κ3) is 3.36. The largest absolute Gasteiger partial charge is 0.707 e. The van der Waals surface area contributed by atoms with Gasteiger partial charge in [0.25, 0.3) is 0 Å². The Morgan fingerprint density at radius 3 is 2.18 bits per heavy atom. The van der Waals surface area contributed by atoms with E-state index in [9.17, 15) is 0 Å². The second-order valence-electron chi connectivity index (χ2n) is 4.23. The normalized spacial score (nSPS) is 17.0. The lowest BCUT2D eigenvalue weighted by molar-refractivity contribution is 0.288. The van der Waals surface area contributed by atoms with Crippen LogP contribution in [0.1, 0.15) is 0 Å². The van der Waals surface area contributed by atoms with Crippen LogP contribution >= 0.6 is 0 Å². The minimum Gasteiger partial charge on any atom is -0.512 e. The van der Waals surface area contributed by atoms with E-state index in [4.69, 9.17) is 14.7 Å². The monoisotopic (exact) mass is 236 g/mol. The molecule has 92 valence electrons. The molecule has 1 fully saturated rings. The molecule has 2 N–H and O–H groups in total. The van der Waals surface area contributed by atoms with Gasteiger partial charge in [0.05, 0.1) is 0 Å². The number of hydrogen-bond donors (Lipinski definition) is 2. The third-order valence-electron chi connectivity index (χ3n) is 2.95. The minimum absolute atomic E-state index is 0.456. The van der Waals surface area contributed by atoms with Gasteiger partial charge in [-0.2, -0.15) is 0 Å². The minimum atomic E-state index is -1.76. The Bertz CT molecular complexity index is 350. The summed E-state index contributed by atoms with van der Waals surface area (Å²) in [6.07, 6.45) is 0. The Morgan fingerprint density at radius 1 is 1.06 bits per heavy atom. The van der Waals surface area contributed by atoms with Crippen molar-refractivity contribution in [2.75, 3.05) is 38.1 Å². The Labute approximate surface area is 101 Å². The molecule has 2 rings (SSSR count). The van der Waals surface area contributed by atoms with E-state index in [0.717, 1.165) is 31.9 Å². The maximum absolute atomic E-state index is 8.67. The Balaban J connectivity index is 1.97. The highest BCUT2D eigenvalue weighted by Crippen LogP contribution is 2.20. The molecule has 5 nitrogen and oxygen atoms in total. The molecule has 0 saturated carbocycles. The fourth-order valence-corrected chi connectivity index (χ4v) is 1.92. The predicted molar refractivity (Wildman–Crippen MR) is 67.0 cm³/mol. The lowest BCUT2D eigenvalue weighted by Crippen LogP contribution is -2.44. The highest BCUT2D eigenvalue weighted by Gasteiger charge is 2.15. The summed E-state index contributed by atoms with van der Waals surface area (Å²) >= 11 is 0. The first-order chi connectivity index (χ1) is 8.15. The molecule has 6 heteroatoms. The second-order valence-corrected chi connectivity index (χ2v) is 4.23. The van der Waals surface area contributed by atoms with E-state index >= 15 is 0 Å². The van der Waals surface area contributed by atoms with E-state index in [1.807, 2.05) is 12.1 Å². The molecule has 1 heterocycles. The van der Waals surface area contributed by atoms with Crippen molar-refractivity contribution >= 4 is 13.0 Å². The summed E-state index contributed by atoms with van der Waals surface area (Å²) in [6.45, 7) is 4.15. The Kier molecular flexibility index (Phi) is 3.88. The molecular weight excluding hydrogens is 219 g/mol. The SMILES string of the molecule is CN1CCN(c2ccc(OB(O)O)cc2)CC1. The maximum atomic E-state index is 8.67. The van der Waals surface area contributed by atoms with Crippen LogP contribution in [0.25, 0.3) is 0 Å². The van der Waals surface area contributed by atoms with Crippen molar-refractivity contribution < 1.29 is 14.7 Å². The van der Waals surface area contributed by atoms with Crippen molar-refractivity contribution in [1.29, 1.82) is 0 Å². The van der Waals surface area contributed by atoms with Crippen molar-refractivity contribution in [2.24, 2.45) is 0 Å². The van der Waals surface area contributed by atoms with Gasteiger partial charge in [-0.3, -0.25) is 0 Å². The van der Waals surface area contributed by atoms with E-state index in [0.29, 0.717) is 5.75 Å². The van der Waals surface area contributed by atoms with Crippen LogP contribution < -0.4 is 9.55 Å². The topological polar surface area (TPSA) is 56.2 Å². The summed E-state index contributed by atoms with van der Waals surface area (Å²) in [5.41, 5.74) is 1.14. The molecule has 1 aromatic rings. The number of rotatable bonds is 3. The molecular formula is C11H17BN2O3. The van der Waals surface area contributed by atoms with E-state index in [1.54, 1.807) is 12.1 Å². The summed E-state index contributed by atoms with van der Waals surface area (Å²) in [5, 5.41) is 17.3. The zero-order valence-electron chi connectivity index (χ0n) is 9.91. The zero-order valence-corrected chi connectivity index (χ0v) is 9.91. The number of anilines is 1. The number of hydrogen-bond acceptors (Lipinski definition) is 5. The molecule has 0 unspecified atom stereocenters. The van der Waals surface area contributed by atoms with Crippen LogP contribution in [0, 0.1) is 0 Å². The van der Waals surface area contributed by atoms with Crippen LogP contribution in [0.4, 0.5) is 5.69 Å². The van der Waals surface area contributed by atoms with Crippen LogP contribution in [0.3, 0.4) is 0 Å². The summed E-state index contributed by atoms with van der Waals surface area (Å²) < 4.78 is 4.76. The molecule has 0 bridgehead atoms. The van der Waals surface area contributed by atoms with Gasteiger partial charge < -0.3 is 24.5 Å². The van der Waals surface area contributed by atoms with Gasteiger partial charge in [0.2, 0.25) is 0 Å². The Morgan fingerprint density at radius 2 is 1.65 bits per heavy atom. The smallest absolute Gasteiger partial charge is 0.512 e. The molecule has 1 aliphatic rings. The lowest BCUT2D eigenvalue weighted by atomic mass is 10.2. The zero-order chi connectivity index (χ0) is 12.3. The quantitative estimate of drug-likeness (QED) is 0.711. The molecule has 0 atom stereocenters. The first kappa shape index (κ1) is 12.2. The summed E-state index contributed by atoms with van der Waals surface area (Å²) in [6, 6.07) is 7.35. The van der Waals surface area contributed by atoms with Gasteiger partial charge in [-0.05, 0) is 31.3 Å². The summed E-state index contributed by atoms with van der Waals surface area (Å²) in [7, 11) is 0.362. The van der Waals surface area contributed by atoms with E-state index < -0.39 is 7.32 Å². The van der Waals surface area contributed by atoms with Crippen LogP contribution in [0.2, 0.25) is 0 Å². The van der Waals surface area contributed by atoms with Gasteiger partial charge >= 0.3 is 7.32 Å².